The summed E-state index contributed by atoms with van der Waals surface area (Å²) in [6.07, 6.45) is 0.110. The van der Waals surface area contributed by atoms with Gasteiger partial charge in [-0.05, 0) is 42.5 Å². The van der Waals surface area contributed by atoms with Crippen LogP contribution in [-0.4, -0.2) is 16.0 Å². The number of ether oxygens (including phenoxy) is 1. The van der Waals surface area contributed by atoms with E-state index in [1.54, 1.807) is 42.5 Å². The number of nitrogens with one attached hydrogen (secondary N) is 1. The quantitative estimate of drug-likeness (QED) is 0.391. The Morgan fingerprint density at radius 2 is 1.68 bits per heavy atom. The number of benzene rings is 3. The second-order valence-electron chi connectivity index (χ2n) is 6.31. The first-order chi connectivity index (χ1) is 13.5. The van der Waals surface area contributed by atoms with Crippen LogP contribution < -0.4 is 10.5 Å². The van der Waals surface area contributed by atoms with Gasteiger partial charge in [0.25, 0.3) is 0 Å². The Kier molecular flexibility index (Phi) is 4.49. The maximum atomic E-state index is 13.3. The average molecular weight is 379 g/mol. The maximum Gasteiger partial charge on any atom is 0.168 e. The molecular formula is C21H15F2N3O2. The number of Topliss-reactive ketones (excluding diaryl/α,β-unsaturated/α-hetero) is 1. The first-order valence-corrected chi connectivity index (χ1v) is 8.47. The standard InChI is InChI=1S/C21H15F2N3O2/c22-13-7-14(23)9-17(8-13)28-16-5-6-19-18(10-16)20(26-25-19)11-21(27)12-1-3-15(24)4-2-12/h1-10H,11,24H2,(H,25,26). The lowest BCUT2D eigenvalue weighted by molar-refractivity contribution is 0.0992. The molecular weight excluding hydrogens is 364 g/mol. The van der Waals surface area contributed by atoms with Crippen LogP contribution in [0.4, 0.5) is 14.5 Å². The molecule has 1 aromatic heterocycles. The molecule has 0 amide bonds. The van der Waals surface area contributed by atoms with Gasteiger partial charge in [0.15, 0.2) is 5.78 Å². The molecule has 3 aromatic carbocycles. The van der Waals surface area contributed by atoms with E-state index in [1.165, 1.54) is 0 Å². The molecule has 140 valence electrons. The van der Waals surface area contributed by atoms with E-state index in [0.29, 0.717) is 33.6 Å². The van der Waals surface area contributed by atoms with Crippen LogP contribution in [0.5, 0.6) is 11.5 Å². The third-order valence-electron chi connectivity index (χ3n) is 4.25. The molecule has 0 aliphatic carbocycles. The van der Waals surface area contributed by atoms with E-state index < -0.39 is 11.6 Å². The topological polar surface area (TPSA) is 81.0 Å². The van der Waals surface area contributed by atoms with Crippen LogP contribution in [0.25, 0.3) is 10.9 Å². The number of H-pyrrole nitrogens is 1. The Balaban J connectivity index is 1.60. The minimum absolute atomic E-state index is 0.0415. The molecule has 0 unspecified atom stereocenters. The number of rotatable bonds is 5. The zero-order valence-electron chi connectivity index (χ0n) is 14.6. The van der Waals surface area contributed by atoms with Crippen molar-refractivity contribution in [1.82, 2.24) is 10.2 Å². The van der Waals surface area contributed by atoms with Gasteiger partial charge in [-0.25, -0.2) is 8.78 Å². The smallest absolute Gasteiger partial charge is 0.168 e. The number of fused-ring (bicyclic) bond motifs is 1. The molecule has 0 saturated carbocycles. The van der Waals surface area contributed by atoms with Crippen molar-refractivity contribution in [2.24, 2.45) is 0 Å². The second-order valence-corrected chi connectivity index (χ2v) is 6.31. The van der Waals surface area contributed by atoms with Crippen LogP contribution in [0.1, 0.15) is 16.1 Å². The lowest BCUT2D eigenvalue weighted by Gasteiger charge is -2.06. The molecule has 0 radical (unpaired) electrons. The Labute approximate surface area is 158 Å². The van der Waals surface area contributed by atoms with Gasteiger partial charge >= 0.3 is 0 Å². The monoisotopic (exact) mass is 379 g/mol. The Bertz CT molecular complexity index is 1150. The minimum Gasteiger partial charge on any atom is -0.457 e. The molecule has 1 heterocycles. The first kappa shape index (κ1) is 17.7. The molecule has 0 bridgehead atoms. The van der Waals surface area contributed by atoms with E-state index in [-0.39, 0.29) is 18.0 Å². The van der Waals surface area contributed by atoms with E-state index in [1.807, 2.05) is 0 Å². The summed E-state index contributed by atoms with van der Waals surface area (Å²) in [6, 6.07) is 14.6. The number of nitrogens with zero attached hydrogens (tertiary/aromatic N) is 1. The maximum absolute atomic E-state index is 13.3. The Morgan fingerprint density at radius 1 is 0.964 bits per heavy atom. The fraction of sp³-hybridized carbons (Fsp3) is 0.0476. The van der Waals surface area contributed by atoms with Crippen LogP contribution in [0.3, 0.4) is 0 Å². The van der Waals surface area contributed by atoms with Crippen molar-refractivity contribution >= 4 is 22.4 Å². The van der Waals surface area contributed by atoms with Gasteiger partial charge in [0.2, 0.25) is 0 Å². The normalized spacial score (nSPS) is 10.9. The number of nitrogens with two attached hydrogens (primary N) is 1. The van der Waals surface area contributed by atoms with Gasteiger partial charge in [-0.1, -0.05) is 0 Å². The van der Waals surface area contributed by atoms with Crippen molar-refractivity contribution in [3.63, 3.8) is 0 Å². The van der Waals surface area contributed by atoms with Gasteiger partial charge in [0.05, 0.1) is 17.6 Å². The van der Waals surface area contributed by atoms with Crippen molar-refractivity contribution in [3.05, 3.63) is 83.6 Å². The predicted molar refractivity (Wildman–Crippen MR) is 101 cm³/mol. The third kappa shape index (κ3) is 3.68. The molecule has 0 spiro atoms. The van der Waals surface area contributed by atoms with Crippen LogP contribution in [0.2, 0.25) is 0 Å². The largest absolute Gasteiger partial charge is 0.457 e. The molecule has 4 rings (SSSR count). The Morgan fingerprint density at radius 3 is 2.39 bits per heavy atom. The van der Waals surface area contributed by atoms with E-state index in [9.17, 15) is 13.6 Å². The Hall–Kier alpha value is -3.74. The number of hydrogen-bond acceptors (Lipinski definition) is 4. The van der Waals surface area contributed by atoms with E-state index in [4.69, 9.17) is 10.5 Å². The summed E-state index contributed by atoms with van der Waals surface area (Å²) in [6.45, 7) is 0. The highest BCUT2D eigenvalue weighted by molar-refractivity contribution is 5.99. The minimum atomic E-state index is -0.728. The molecule has 0 saturated heterocycles. The molecule has 3 N–H and O–H groups in total. The summed E-state index contributed by atoms with van der Waals surface area (Å²) in [5, 5.41) is 7.74. The van der Waals surface area contributed by atoms with Crippen LogP contribution in [0, 0.1) is 11.6 Å². The van der Waals surface area contributed by atoms with Crippen LogP contribution in [0.15, 0.2) is 60.7 Å². The number of aromatic amines is 1. The lowest BCUT2D eigenvalue weighted by Crippen LogP contribution is -2.04. The number of halogens is 2. The lowest BCUT2D eigenvalue weighted by atomic mass is 10.0. The first-order valence-electron chi connectivity index (χ1n) is 8.47. The number of nitrogen functional groups attached to an aromatic ring is 1. The highest BCUT2D eigenvalue weighted by Gasteiger charge is 2.13. The fourth-order valence-electron chi connectivity index (χ4n) is 2.90. The summed E-state index contributed by atoms with van der Waals surface area (Å²) in [4.78, 5) is 12.5. The van der Waals surface area contributed by atoms with Crippen molar-refractivity contribution in [3.8, 4) is 11.5 Å². The van der Waals surface area contributed by atoms with E-state index in [0.717, 1.165) is 18.2 Å². The van der Waals surface area contributed by atoms with Gasteiger partial charge in [0.1, 0.15) is 23.1 Å². The molecule has 28 heavy (non-hydrogen) atoms. The third-order valence-corrected chi connectivity index (χ3v) is 4.25. The summed E-state index contributed by atoms with van der Waals surface area (Å²) in [5.41, 5.74) is 8.04. The summed E-state index contributed by atoms with van der Waals surface area (Å²) in [5.74, 6) is -1.13. The molecule has 0 aliphatic rings. The van der Waals surface area contributed by atoms with Crippen LogP contribution >= 0.6 is 0 Å². The zero-order chi connectivity index (χ0) is 19.7. The van der Waals surface area contributed by atoms with E-state index in [2.05, 4.69) is 10.2 Å². The molecule has 0 atom stereocenters. The molecule has 0 aliphatic heterocycles. The highest BCUT2D eigenvalue weighted by Crippen LogP contribution is 2.28. The van der Waals surface area contributed by atoms with Crippen LogP contribution in [-0.2, 0) is 6.42 Å². The number of carbonyl (C=O) groups is 1. The second kappa shape index (κ2) is 7.11. The summed E-state index contributed by atoms with van der Waals surface area (Å²) < 4.78 is 32.2. The predicted octanol–water partition coefficient (Wildman–Crippen LogP) is 4.64. The SMILES string of the molecule is Nc1ccc(C(=O)Cc2[nH]nc3ccc(Oc4cc(F)cc(F)c4)cc23)cc1. The van der Waals surface area contributed by atoms with Crippen molar-refractivity contribution in [1.29, 1.82) is 0 Å². The average Bonchev–Trinajstić information content (AvgIpc) is 3.03. The van der Waals surface area contributed by atoms with E-state index >= 15 is 0 Å². The van der Waals surface area contributed by atoms with Gasteiger partial charge < -0.3 is 10.5 Å². The summed E-state index contributed by atoms with van der Waals surface area (Å²) >= 11 is 0. The number of ketones is 1. The van der Waals surface area contributed by atoms with Crippen molar-refractivity contribution in [2.45, 2.75) is 6.42 Å². The van der Waals surface area contributed by atoms with Gasteiger partial charge in [-0.15, -0.1) is 0 Å². The molecule has 7 heteroatoms. The highest BCUT2D eigenvalue weighted by atomic mass is 19.1. The van der Waals surface area contributed by atoms with Gasteiger partial charge in [0, 0.05) is 34.8 Å². The number of aromatic nitrogens is 2. The van der Waals surface area contributed by atoms with Crippen molar-refractivity contribution < 1.29 is 18.3 Å². The number of anilines is 1. The van der Waals surface area contributed by atoms with Gasteiger partial charge in [-0.3, -0.25) is 9.89 Å². The van der Waals surface area contributed by atoms with Gasteiger partial charge in [-0.2, -0.15) is 5.10 Å². The molecule has 0 fully saturated rings. The van der Waals surface area contributed by atoms with Crippen molar-refractivity contribution in [2.75, 3.05) is 5.73 Å². The zero-order valence-corrected chi connectivity index (χ0v) is 14.6. The summed E-state index contributed by atoms with van der Waals surface area (Å²) in [7, 11) is 0. The molecule has 5 nitrogen and oxygen atoms in total. The number of carbonyl (C=O) groups excluding carboxylic acids is 1. The fourth-order valence-corrected chi connectivity index (χ4v) is 2.90. The molecule has 4 aromatic rings. The number of hydrogen-bond donors (Lipinski definition) is 2.